The number of primary amides is 1. The Morgan fingerprint density at radius 3 is 2.74 bits per heavy atom. The number of carbonyl (C=O) groups is 1. The first-order valence-corrected chi connectivity index (χ1v) is 7.82. The van der Waals surface area contributed by atoms with Crippen molar-refractivity contribution in [1.82, 2.24) is 5.43 Å². The molecule has 0 saturated heterocycles. The van der Waals surface area contributed by atoms with Crippen LogP contribution in [0.15, 0.2) is 46.0 Å². The van der Waals surface area contributed by atoms with Gasteiger partial charge in [0.25, 0.3) is 0 Å². The monoisotopic (exact) mass is 375 g/mol. The van der Waals surface area contributed by atoms with Crippen molar-refractivity contribution in [2.24, 2.45) is 10.8 Å². The Hall–Kier alpha value is -2.34. The van der Waals surface area contributed by atoms with Crippen LogP contribution in [0.5, 0.6) is 5.75 Å². The summed E-state index contributed by atoms with van der Waals surface area (Å²) >= 11 is 3.46. The SMILES string of the molecule is Cc1cc(C)c(COc2ccccc2Br)cc1/C=N\NC(N)=O. The van der Waals surface area contributed by atoms with E-state index in [1.54, 1.807) is 6.21 Å². The fraction of sp³-hybridized carbons (Fsp3) is 0.176. The highest BCUT2D eigenvalue weighted by Gasteiger charge is 2.06. The molecule has 0 fully saturated rings. The first-order valence-electron chi connectivity index (χ1n) is 7.03. The number of urea groups is 1. The number of carbonyl (C=O) groups excluding carboxylic acids is 1. The Bertz CT molecular complexity index is 745. The van der Waals surface area contributed by atoms with Crippen LogP contribution < -0.4 is 15.9 Å². The van der Waals surface area contributed by atoms with Crippen LogP contribution in [0.2, 0.25) is 0 Å². The van der Waals surface area contributed by atoms with E-state index in [9.17, 15) is 4.79 Å². The van der Waals surface area contributed by atoms with Crippen LogP contribution in [0.25, 0.3) is 0 Å². The first kappa shape index (κ1) is 17.0. The highest BCUT2D eigenvalue weighted by molar-refractivity contribution is 9.10. The Morgan fingerprint density at radius 2 is 2.04 bits per heavy atom. The van der Waals surface area contributed by atoms with Crippen molar-refractivity contribution in [3.8, 4) is 5.75 Å². The second kappa shape index (κ2) is 7.78. The van der Waals surface area contributed by atoms with Crippen molar-refractivity contribution in [2.45, 2.75) is 20.5 Å². The summed E-state index contributed by atoms with van der Waals surface area (Å²) in [5.74, 6) is 0.790. The zero-order valence-corrected chi connectivity index (χ0v) is 14.6. The third-order valence-electron chi connectivity index (χ3n) is 3.32. The molecule has 2 aromatic rings. The molecule has 0 spiro atoms. The summed E-state index contributed by atoms with van der Waals surface area (Å²) in [6, 6.07) is 11.1. The molecule has 23 heavy (non-hydrogen) atoms. The van der Waals surface area contributed by atoms with Crippen molar-refractivity contribution in [3.05, 3.63) is 63.1 Å². The lowest BCUT2D eigenvalue weighted by Gasteiger charge is -2.12. The highest BCUT2D eigenvalue weighted by atomic mass is 79.9. The molecule has 0 aliphatic rings. The summed E-state index contributed by atoms with van der Waals surface area (Å²) in [6.07, 6.45) is 1.57. The quantitative estimate of drug-likeness (QED) is 0.617. The summed E-state index contributed by atoms with van der Waals surface area (Å²) < 4.78 is 6.77. The van der Waals surface area contributed by atoms with E-state index in [1.807, 2.05) is 44.2 Å². The minimum Gasteiger partial charge on any atom is -0.488 e. The molecule has 2 rings (SSSR count). The molecular weight excluding hydrogens is 358 g/mol. The lowest BCUT2D eigenvalue weighted by atomic mass is 10.0. The number of halogens is 1. The first-order chi connectivity index (χ1) is 11.0. The van der Waals surface area contributed by atoms with Crippen molar-refractivity contribution in [1.29, 1.82) is 0 Å². The van der Waals surface area contributed by atoms with Crippen molar-refractivity contribution in [2.75, 3.05) is 0 Å². The largest absolute Gasteiger partial charge is 0.488 e. The smallest absolute Gasteiger partial charge is 0.332 e. The lowest BCUT2D eigenvalue weighted by Crippen LogP contribution is -2.24. The predicted octanol–water partition coefficient (Wildman–Crippen LogP) is 3.65. The maximum absolute atomic E-state index is 10.7. The van der Waals surface area contributed by atoms with Crippen LogP contribution >= 0.6 is 15.9 Å². The topological polar surface area (TPSA) is 76.7 Å². The van der Waals surface area contributed by atoms with Gasteiger partial charge in [0, 0.05) is 0 Å². The van der Waals surface area contributed by atoms with E-state index in [0.717, 1.165) is 32.5 Å². The average Bonchev–Trinajstić information content (AvgIpc) is 2.49. The van der Waals surface area contributed by atoms with Gasteiger partial charge in [0.2, 0.25) is 0 Å². The minimum atomic E-state index is -0.691. The van der Waals surface area contributed by atoms with E-state index in [-0.39, 0.29) is 0 Å². The summed E-state index contributed by atoms with van der Waals surface area (Å²) in [6.45, 7) is 4.46. The average molecular weight is 376 g/mol. The van der Waals surface area contributed by atoms with Crippen molar-refractivity contribution in [3.63, 3.8) is 0 Å². The molecule has 3 N–H and O–H groups in total. The zero-order chi connectivity index (χ0) is 16.8. The summed E-state index contributed by atoms with van der Waals surface area (Å²) in [7, 11) is 0. The number of nitrogens with one attached hydrogen (secondary N) is 1. The minimum absolute atomic E-state index is 0.443. The van der Waals surface area contributed by atoms with Gasteiger partial charge in [-0.2, -0.15) is 5.10 Å². The van der Waals surface area contributed by atoms with E-state index >= 15 is 0 Å². The maximum Gasteiger partial charge on any atom is 0.332 e. The van der Waals surface area contributed by atoms with Gasteiger partial charge < -0.3 is 10.5 Å². The molecule has 0 unspecified atom stereocenters. The van der Waals surface area contributed by atoms with Gasteiger partial charge in [-0.1, -0.05) is 18.2 Å². The number of aryl methyl sites for hydroxylation is 2. The maximum atomic E-state index is 10.7. The molecule has 2 aromatic carbocycles. The fourth-order valence-electron chi connectivity index (χ4n) is 2.09. The third kappa shape index (κ3) is 4.82. The second-order valence-electron chi connectivity index (χ2n) is 5.09. The molecule has 120 valence electrons. The number of hydrogen-bond acceptors (Lipinski definition) is 3. The highest BCUT2D eigenvalue weighted by Crippen LogP contribution is 2.25. The molecule has 0 atom stereocenters. The molecule has 0 heterocycles. The van der Waals surface area contributed by atoms with Gasteiger partial charge in [-0.05, 0) is 70.2 Å². The van der Waals surface area contributed by atoms with E-state index in [2.05, 4.69) is 32.5 Å². The molecule has 5 nitrogen and oxygen atoms in total. The summed E-state index contributed by atoms with van der Waals surface area (Å²) in [5, 5.41) is 3.81. The molecule has 0 aliphatic heterocycles. The Kier molecular flexibility index (Phi) is 5.76. The van der Waals surface area contributed by atoms with E-state index in [0.29, 0.717) is 6.61 Å². The molecule has 0 radical (unpaired) electrons. The van der Waals surface area contributed by atoms with Gasteiger partial charge in [0.05, 0.1) is 10.7 Å². The Balaban J connectivity index is 2.17. The van der Waals surface area contributed by atoms with E-state index < -0.39 is 6.03 Å². The molecule has 0 saturated carbocycles. The number of nitrogens with zero attached hydrogens (tertiary/aromatic N) is 1. The number of hydrogen-bond donors (Lipinski definition) is 2. The van der Waals surface area contributed by atoms with Crippen LogP contribution in [0, 0.1) is 13.8 Å². The predicted molar refractivity (Wildman–Crippen MR) is 94.7 cm³/mol. The van der Waals surface area contributed by atoms with Gasteiger partial charge in [-0.25, -0.2) is 10.2 Å². The van der Waals surface area contributed by atoms with Gasteiger partial charge in [0.15, 0.2) is 0 Å². The number of nitrogens with two attached hydrogens (primary N) is 1. The number of ether oxygens (including phenoxy) is 1. The normalized spacial score (nSPS) is 10.7. The Morgan fingerprint density at radius 1 is 1.30 bits per heavy atom. The van der Waals surface area contributed by atoms with Gasteiger partial charge in [-0.15, -0.1) is 0 Å². The van der Waals surface area contributed by atoms with E-state index in [4.69, 9.17) is 10.5 Å². The number of hydrazone groups is 1. The van der Waals surface area contributed by atoms with Crippen molar-refractivity contribution >= 4 is 28.2 Å². The van der Waals surface area contributed by atoms with Crippen LogP contribution in [-0.4, -0.2) is 12.2 Å². The molecule has 6 heteroatoms. The Labute approximate surface area is 143 Å². The lowest BCUT2D eigenvalue weighted by molar-refractivity contribution is 0.249. The zero-order valence-electron chi connectivity index (χ0n) is 13.0. The second-order valence-corrected chi connectivity index (χ2v) is 5.94. The summed E-state index contributed by atoms with van der Waals surface area (Å²) in [4.78, 5) is 10.7. The third-order valence-corrected chi connectivity index (χ3v) is 3.98. The molecular formula is C17H18BrN3O2. The number of amides is 2. The fourth-order valence-corrected chi connectivity index (χ4v) is 2.49. The van der Waals surface area contributed by atoms with Crippen LogP contribution in [0.3, 0.4) is 0 Å². The van der Waals surface area contributed by atoms with Gasteiger partial charge in [0.1, 0.15) is 12.4 Å². The van der Waals surface area contributed by atoms with Crippen LogP contribution in [0.1, 0.15) is 22.3 Å². The van der Waals surface area contributed by atoms with Gasteiger partial charge >= 0.3 is 6.03 Å². The molecule has 2 amide bonds. The van der Waals surface area contributed by atoms with Crippen LogP contribution in [0.4, 0.5) is 4.79 Å². The number of para-hydroxylation sites is 1. The number of rotatable bonds is 5. The van der Waals surface area contributed by atoms with E-state index in [1.165, 1.54) is 0 Å². The van der Waals surface area contributed by atoms with Gasteiger partial charge in [-0.3, -0.25) is 0 Å². The molecule has 0 bridgehead atoms. The van der Waals surface area contributed by atoms with Crippen LogP contribution in [-0.2, 0) is 6.61 Å². The standard InChI is InChI=1S/C17H18BrN3O2/c1-11-7-12(2)14(8-13(11)9-20-21-17(19)22)10-23-16-6-4-3-5-15(16)18/h3-9H,10H2,1-2H3,(H3,19,21,22)/b20-9-. The number of benzene rings is 2. The molecule has 0 aromatic heterocycles. The van der Waals surface area contributed by atoms with Crippen molar-refractivity contribution < 1.29 is 9.53 Å². The molecule has 0 aliphatic carbocycles. The summed E-state index contributed by atoms with van der Waals surface area (Å²) in [5.41, 5.74) is 11.3.